The third-order valence-electron chi connectivity index (χ3n) is 6.81. The summed E-state index contributed by atoms with van der Waals surface area (Å²) in [5, 5.41) is 7.41. The maximum atomic E-state index is 13.1. The van der Waals surface area contributed by atoms with Gasteiger partial charge in [0.15, 0.2) is 17.6 Å². The lowest BCUT2D eigenvalue weighted by atomic mass is 9.88. The number of carbonyl (C=O) groups is 3. The average Bonchev–Trinajstić information content (AvgIpc) is 3.34. The van der Waals surface area contributed by atoms with E-state index in [0.717, 1.165) is 29.7 Å². The molecule has 0 spiro atoms. The van der Waals surface area contributed by atoms with Crippen LogP contribution in [0.15, 0.2) is 47.6 Å². The molecule has 2 amide bonds. The Morgan fingerprint density at radius 2 is 1.83 bits per heavy atom. The fourth-order valence-electron chi connectivity index (χ4n) is 4.57. The molecule has 4 rings (SSSR count). The summed E-state index contributed by atoms with van der Waals surface area (Å²) in [7, 11) is 3.09. The van der Waals surface area contributed by atoms with Crippen molar-refractivity contribution >= 4 is 40.3 Å². The molecule has 1 aliphatic carbocycles. The minimum absolute atomic E-state index is 0.259. The first kappa shape index (κ1) is 30.6. The lowest BCUT2D eigenvalue weighted by molar-refractivity contribution is -0.127. The highest BCUT2D eigenvalue weighted by Gasteiger charge is 2.29. The van der Waals surface area contributed by atoms with E-state index in [1.165, 1.54) is 24.7 Å². The molecule has 42 heavy (non-hydrogen) atoms. The molecule has 0 aliphatic heterocycles. The van der Waals surface area contributed by atoms with Crippen LogP contribution in [0.25, 0.3) is 0 Å². The van der Waals surface area contributed by atoms with Crippen LogP contribution in [0.4, 0.5) is 5.00 Å². The van der Waals surface area contributed by atoms with Crippen LogP contribution in [0.2, 0.25) is 0 Å². The number of nitrogens with one attached hydrogen (secondary N) is 2. The second-order valence-electron chi connectivity index (χ2n) is 9.86. The number of esters is 1. The molecule has 222 valence electrons. The molecule has 0 saturated heterocycles. The van der Waals surface area contributed by atoms with Gasteiger partial charge in [-0.2, -0.15) is 5.10 Å². The zero-order chi connectivity index (χ0) is 30.2. The Kier molecular flexibility index (Phi) is 10.2. The number of hydrazone groups is 1. The lowest BCUT2D eigenvalue weighted by Crippen LogP contribution is -2.33. The molecule has 3 aromatic rings. The third kappa shape index (κ3) is 7.27. The Bertz CT molecular complexity index is 1470. The van der Waals surface area contributed by atoms with Crippen molar-refractivity contribution in [2.45, 2.75) is 46.1 Å². The van der Waals surface area contributed by atoms with Crippen LogP contribution in [0.1, 0.15) is 63.9 Å². The topological polar surface area (TPSA) is 125 Å². The van der Waals surface area contributed by atoms with Crippen molar-refractivity contribution in [2.75, 3.05) is 26.1 Å². The summed E-state index contributed by atoms with van der Waals surface area (Å²) in [5.74, 6) is 0.853. The van der Waals surface area contributed by atoms with Gasteiger partial charge < -0.3 is 24.3 Å². The van der Waals surface area contributed by atoms with E-state index in [1.807, 2.05) is 0 Å². The number of benzene rings is 2. The molecule has 1 heterocycles. The lowest BCUT2D eigenvalue weighted by Gasteiger charge is -2.18. The van der Waals surface area contributed by atoms with Crippen LogP contribution in [0, 0.1) is 5.92 Å². The minimum atomic E-state index is -0.848. The molecule has 11 heteroatoms. The summed E-state index contributed by atoms with van der Waals surface area (Å²) in [5.41, 5.74) is 4.99. The molecule has 2 aromatic carbocycles. The van der Waals surface area contributed by atoms with Crippen LogP contribution in [0.3, 0.4) is 0 Å². The maximum absolute atomic E-state index is 13.1. The Labute approximate surface area is 249 Å². The molecular formula is C31H35N3O7S. The number of anilines is 1. The van der Waals surface area contributed by atoms with Gasteiger partial charge in [-0.1, -0.05) is 6.92 Å². The summed E-state index contributed by atoms with van der Waals surface area (Å²) in [6.45, 7) is 5.80. The van der Waals surface area contributed by atoms with Gasteiger partial charge in [0, 0.05) is 10.4 Å². The summed E-state index contributed by atoms with van der Waals surface area (Å²) in [4.78, 5) is 39.4. The van der Waals surface area contributed by atoms with Crippen LogP contribution in [-0.2, 0) is 22.4 Å². The Balaban J connectivity index is 1.36. The van der Waals surface area contributed by atoms with Crippen molar-refractivity contribution in [1.82, 2.24) is 5.43 Å². The second kappa shape index (κ2) is 14.0. The number of fused-ring (bicyclic) bond motifs is 1. The third-order valence-corrected chi connectivity index (χ3v) is 7.98. The number of hydrogen-bond donors (Lipinski definition) is 2. The van der Waals surface area contributed by atoms with Gasteiger partial charge in [-0.05, 0) is 92.6 Å². The monoisotopic (exact) mass is 593 g/mol. The van der Waals surface area contributed by atoms with E-state index in [4.69, 9.17) is 18.9 Å². The van der Waals surface area contributed by atoms with Gasteiger partial charge in [0.1, 0.15) is 10.8 Å². The van der Waals surface area contributed by atoms with E-state index in [0.29, 0.717) is 44.9 Å². The van der Waals surface area contributed by atoms with Crippen LogP contribution in [-0.4, -0.2) is 50.9 Å². The molecule has 0 fully saturated rings. The summed E-state index contributed by atoms with van der Waals surface area (Å²) < 4.78 is 21.5. The van der Waals surface area contributed by atoms with Crippen molar-refractivity contribution < 1.29 is 33.3 Å². The van der Waals surface area contributed by atoms with Gasteiger partial charge in [-0.15, -0.1) is 11.3 Å². The molecule has 10 nitrogen and oxygen atoms in total. The zero-order valence-electron chi connectivity index (χ0n) is 24.3. The minimum Gasteiger partial charge on any atom is -0.493 e. The van der Waals surface area contributed by atoms with E-state index < -0.39 is 18.0 Å². The quantitative estimate of drug-likeness (QED) is 0.177. The number of amides is 2. The van der Waals surface area contributed by atoms with Crippen molar-refractivity contribution in [3.63, 3.8) is 0 Å². The smallest absolute Gasteiger partial charge is 0.341 e. The van der Waals surface area contributed by atoms with E-state index >= 15 is 0 Å². The summed E-state index contributed by atoms with van der Waals surface area (Å²) >= 11 is 1.44. The van der Waals surface area contributed by atoms with E-state index in [1.54, 1.807) is 63.4 Å². The predicted molar refractivity (Wildman–Crippen MR) is 161 cm³/mol. The molecule has 2 atom stereocenters. The van der Waals surface area contributed by atoms with Crippen LogP contribution < -0.4 is 25.0 Å². The van der Waals surface area contributed by atoms with E-state index in [-0.39, 0.29) is 12.5 Å². The first-order valence-electron chi connectivity index (χ1n) is 13.7. The molecule has 1 aliphatic rings. The molecule has 0 radical (unpaired) electrons. The highest BCUT2D eigenvalue weighted by atomic mass is 32.1. The average molecular weight is 594 g/mol. The molecular weight excluding hydrogens is 558 g/mol. The Hall–Kier alpha value is -4.38. The van der Waals surface area contributed by atoms with E-state index in [2.05, 4.69) is 22.8 Å². The highest BCUT2D eigenvalue weighted by Crippen LogP contribution is 2.40. The normalized spacial score (nSPS) is 14.9. The van der Waals surface area contributed by atoms with Gasteiger partial charge in [0.2, 0.25) is 0 Å². The van der Waals surface area contributed by atoms with Crippen LogP contribution >= 0.6 is 11.3 Å². The molecule has 0 bridgehead atoms. The summed E-state index contributed by atoms with van der Waals surface area (Å²) in [6, 6.07) is 11.7. The largest absolute Gasteiger partial charge is 0.493 e. The second-order valence-corrected chi connectivity index (χ2v) is 11.0. The number of ether oxygens (including phenoxy) is 4. The van der Waals surface area contributed by atoms with Gasteiger partial charge in [-0.25, -0.2) is 10.2 Å². The first-order chi connectivity index (χ1) is 20.2. The van der Waals surface area contributed by atoms with Crippen molar-refractivity contribution in [3.05, 3.63) is 69.6 Å². The van der Waals surface area contributed by atoms with Gasteiger partial charge in [0.05, 0.1) is 32.6 Å². The number of nitrogens with zero attached hydrogens (tertiary/aromatic N) is 1. The predicted octanol–water partition coefficient (Wildman–Crippen LogP) is 5.24. The molecule has 0 saturated carbocycles. The zero-order valence-corrected chi connectivity index (χ0v) is 25.1. The van der Waals surface area contributed by atoms with Gasteiger partial charge in [0.25, 0.3) is 11.8 Å². The van der Waals surface area contributed by atoms with Crippen molar-refractivity contribution in [2.24, 2.45) is 11.0 Å². The Morgan fingerprint density at radius 1 is 1.10 bits per heavy atom. The number of rotatable bonds is 11. The fraction of sp³-hybridized carbons (Fsp3) is 0.355. The number of carbonyl (C=O) groups excluding carboxylic acids is 3. The number of methoxy groups -OCH3 is 2. The molecule has 2 N–H and O–H groups in total. The van der Waals surface area contributed by atoms with E-state index in [9.17, 15) is 14.4 Å². The molecule has 1 aromatic heterocycles. The van der Waals surface area contributed by atoms with Crippen molar-refractivity contribution in [3.8, 4) is 17.2 Å². The standard InChI is InChI=1S/C31H35N3O7S/c1-6-40-31(37)27-23-13-7-18(2)15-26(23)42-30(27)33-29(36)21-9-11-22(12-10-21)41-19(3)28(35)34-32-17-20-8-14-24(38-4)25(16-20)39-5/h8-12,14,16-19H,6-7,13,15H2,1-5H3,(H,33,36)(H,34,35)/b32-17-/t18-,19+/m1/s1. The highest BCUT2D eigenvalue weighted by molar-refractivity contribution is 7.17. The summed E-state index contributed by atoms with van der Waals surface area (Å²) in [6.07, 6.45) is 3.29. The number of hydrogen-bond acceptors (Lipinski definition) is 9. The fourth-order valence-corrected chi connectivity index (χ4v) is 5.96. The maximum Gasteiger partial charge on any atom is 0.341 e. The molecule has 0 unspecified atom stereocenters. The first-order valence-corrected chi connectivity index (χ1v) is 14.5. The van der Waals surface area contributed by atoms with Crippen molar-refractivity contribution in [1.29, 1.82) is 0 Å². The van der Waals surface area contributed by atoms with Gasteiger partial charge >= 0.3 is 5.97 Å². The number of thiophene rings is 1. The SMILES string of the molecule is CCOC(=O)c1c(NC(=O)c2ccc(O[C@@H](C)C(=O)N/N=C\c3ccc(OC)c(OC)c3)cc2)sc2c1CC[C@@H](C)C2. The Morgan fingerprint density at radius 3 is 2.52 bits per heavy atom. The van der Waals surface area contributed by atoms with Crippen LogP contribution in [0.5, 0.6) is 17.2 Å². The van der Waals surface area contributed by atoms with Gasteiger partial charge in [-0.3, -0.25) is 9.59 Å².